The highest BCUT2D eigenvalue weighted by Crippen LogP contribution is 2.24. The number of anilines is 1. The van der Waals surface area contributed by atoms with Gasteiger partial charge in [0.1, 0.15) is 0 Å². The molecule has 0 saturated carbocycles. The molecule has 1 aromatic rings. The molecule has 0 saturated heterocycles. The number of nitrogens with one attached hydrogen (secondary N) is 1. The van der Waals surface area contributed by atoms with Crippen molar-refractivity contribution in [2.75, 3.05) is 11.9 Å². The maximum absolute atomic E-state index is 5.73. The summed E-state index contributed by atoms with van der Waals surface area (Å²) in [6, 6.07) is 6.39. The number of hydrogen-bond donors (Lipinski definition) is 2. The number of fused-ring (bicyclic) bond motifs is 1. The second kappa shape index (κ2) is 6.64. The van der Waals surface area contributed by atoms with Gasteiger partial charge in [-0.2, -0.15) is 0 Å². The Labute approximate surface area is 119 Å². The monoisotopic (exact) mass is 343 g/mol. The smallest absolute Gasteiger partial charge is 0.193 e. The fourth-order valence-electron chi connectivity index (χ4n) is 2.00. The third-order valence-corrected chi connectivity index (χ3v) is 2.76. The highest BCUT2D eigenvalue weighted by atomic mass is 127. The van der Waals surface area contributed by atoms with Gasteiger partial charge in [0.2, 0.25) is 0 Å². The van der Waals surface area contributed by atoms with Gasteiger partial charge in [0.25, 0.3) is 0 Å². The zero-order valence-electron chi connectivity index (χ0n) is 9.78. The molecule has 0 aliphatic heterocycles. The minimum Gasteiger partial charge on any atom is -0.370 e. The van der Waals surface area contributed by atoms with Gasteiger partial charge in [-0.15, -0.1) is 30.6 Å². The molecule has 1 aromatic carbocycles. The minimum absolute atomic E-state index is 0. The third-order valence-electron chi connectivity index (χ3n) is 2.76. The van der Waals surface area contributed by atoms with E-state index in [-0.39, 0.29) is 24.0 Å². The fourth-order valence-corrected chi connectivity index (χ4v) is 2.00. The molecule has 0 heterocycles. The largest absolute Gasteiger partial charge is 0.370 e. The first kappa shape index (κ1) is 14.0. The Morgan fingerprint density at radius 3 is 2.94 bits per heavy atom. The van der Waals surface area contributed by atoms with Crippen molar-refractivity contribution in [3.05, 3.63) is 42.0 Å². The summed E-state index contributed by atoms with van der Waals surface area (Å²) in [5, 5.41) is 3.09. The normalized spacial score (nSPS) is 13.8. The van der Waals surface area contributed by atoms with Crippen molar-refractivity contribution in [3.8, 4) is 0 Å². The van der Waals surface area contributed by atoms with Crippen LogP contribution in [0.5, 0.6) is 0 Å². The van der Waals surface area contributed by atoms with E-state index < -0.39 is 0 Å². The Balaban J connectivity index is 0.00000144. The first-order valence-electron chi connectivity index (χ1n) is 5.59. The lowest BCUT2D eigenvalue weighted by Gasteiger charge is -2.07. The lowest BCUT2D eigenvalue weighted by molar-refractivity contribution is 0.912. The van der Waals surface area contributed by atoms with Crippen molar-refractivity contribution in [3.63, 3.8) is 0 Å². The second-order valence-corrected chi connectivity index (χ2v) is 3.98. The van der Waals surface area contributed by atoms with Crippen LogP contribution in [-0.4, -0.2) is 12.5 Å². The molecule has 0 atom stereocenters. The zero-order chi connectivity index (χ0) is 11.4. The van der Waals surface area contributed by atoms with Crippen LogP contribution < -0.4 is 11.1 Å². The standard InChI is InChI=1S/C13H17N3.HI/c1-2-8-15-13(14)16-12-7-6-10-4-3-5-11(10)9-12;/h2,6-7,9H,1,3-5,8H2,(H3,14,15,16);1H. The van der Waals surface area contributed by atoms with Crippen molar-refractivity contribution < 1.29 is 0 Å². The van der Waals surface area contributed by atoms with Crippen molar-refractivity contribution in [2.45, 2.75) is 19.3 Å². The van der Waals surface area contributed by atoms with E-state index in [0.717, 1.165) is 5.69 Å². The highest BCUT2D eigenvalue weighted by molar-refractivity contribution is 14.0. The molecule has 0 aromatic heterocycles. The van der Waals surface area contributed by atoms with Gasteiger partial charge in [-0.1, -0.05) is 12.1 Å². The topological polar surface area (TPSA) is 50.4 Å². The maximum atomic E-state index is 5.73. The predicted molar refractivity (Wildman–Crippen MR) is 84.2 cm³/mol. The minimum atomic E-state index is 0. The number of guanidine groups is 1. The number of aryl methyl sites for hydroxylation is 2. The number of aliphatic imine (C=N–C) groups is 1. The molecular weight excluding hydrogens is 325 g/mol. The molecule has 0 spiro atoms. The van der Waals surface area contributed by atoms with Crippen LogP contribution in [0.3, 0.4) is 0 Å². The van der Waals surface area contributed by atoms with Crippen molar-refractivity contribution >= 4 is 35.6 Å². The van der Waals surface area contributed by atoms with E-state index in [1.807, 2.05) is 0 Å². The van der Waals surface area contributed by atoms with E-state index in [1.165, 1.54) is 30.4 Å². The van der Waals surface area contributed by atoms with Crippen molar-refractivity contribution in [1.29, 1.82) is 0 Å². The van der Waals surface area contributed by atoms with Crippen molar-refractivity contribution in [2.24, 2.45) is 10.7 Å². The first-order valence-corrected chi connectivity index (χ1v) is 5.59. The van der Waals surface area contributed by atoms with E-state index in [2.05, 4.69) is 35.1 Å². The molecule has 3 nitrogen and oxygen atoms in total. The van der Waals surface area contributed by atoms with E-state index in [0.29, 0.717) is 12.5 Å². The maximum Gasteiger partial charge on any atom is 0.193 e. The summed E-state index contributed by atoms with van der Waals surface area (Å²) in [5.41, 5.74) is 9.64. The van der Waals surface area contributed by atoms with Crippen LogP contribution in [0, 0.1) is 0 Å². The average molecular weight is 343 g/mol. The third kappa shape index (κ3) is 3.73. The Kier molecular flexibility index (Phi) is 5.47. The van der Waals surface area contributed by atoms with E-state index in [1.54, 1.807) is 6.08 Å². The van der Waals surface area contributed by atoms with Gasteiger partial charge in [-0.25, -0.2) is 4.99 Å². The fraction of sp³-hybridized carbons (Fsp3) is 0.308. The van der Waals surface area contributed by atoms with Crippen LogP contribution in [0.15, 0.2) is 35.8 Å². The molecule has 1 aliphatic carbocycles. The Bertz CT molecular complexity index is 427. The van der Waals surface area contributed by atoms with E-state index in [4.69, 9.17) is 5.73 Å². The molecule has 3 N–H and O–H groups in total. The number of rotatable bonds is 3. The molecule has 0 bridgehead atoms. The number of nitrogens with zero attached hydrogens (tertiary/aromatic N) is 1. The van der Waals surface area contributed by atoms with Crippen LogP contribution >= 0.6 is 24.0 Å². The van der Waals surface area contributed by atoms with E-state index in [9.17, 15) is 0 Å². The molecular formula is C13H18IN3. The molecule has 92 valence electrons. The van der Waals surface area contributed by atoms with Crippen LogP contribution in [0.25, 0.3) is 0 Å². The molecule has 0 unspecified atom stereocenters. The van der Waals surface area contributed by atoms with Gasteiger partial charge in [0.05, 0.1) is 6.54 Å². The summed E-state index contributed by atoms with van der Waals surface area (Å²) in [4.78, 5) is 4.10. The number of hydrogen-bond acceptors (Lipinski definition) is 1. The molecule has 0 amide bonds. The Hall–Kier alpha value is -1.04. The van der Waals surface area contributed by atoms with Gasteiger partial charge in [0.15, 0.2) is 5.96 Å². The van der Waals surface area contributed by atoms with Crippen molar-refractivity contribution in [1.82, 2.24) is 0 Å². The average Bonchev–Trinajstić information content (AvgIpc) is 2.73. The summed E-state index contributed by atoms with van der Waals surface area (Å²) in [5.74, 6) is 0.442. The lowest BCUT2D eigenvalue weighted by atomic mass is 10.1. The van der Waals surface area contributed by atoms with Gasteiger partial charge in [0, 0.05) is 5.69 Å². The second-order valence-electron chi connectivity index (χ2n) is 3.98. The van der Waals surface area contributed by atoms with Crippen LogP contribution in [0.2, 0.25) is 0 Å². The van der Waals surface area contributed by atoms with Gasteiger partial charge < -0.3 is 11.1 Å². The van der Waals surface area contributed by atoms with Crippen LogP contribution in [0.1, 0.15) is 17.5 Å². The lowest BCUT2D eigenvalue weighted by Crippen LogP contribution is -2.22. The van der Waals surface area contributed by atoms with Gasteiger partial charge in [-0.3, -0.25) is 0 Å². The van der Waals surface area contributed by atoms with Crippen LogP contribution in [-0.2, 0) is 12.8 Å². The Morgan fingerprint density at radius 1 is 1.41 bits per heavy atom. The summed E-state index contributed by atoms with van der Waals surface area (Å²) in [6.07, 6.45) is 5.36. The highest BCUT2D eigenvalue weighted by Gasteiger charge is 2.10. The van der Waals surface area contributed by atoms with Crippen LogP contribution in [0.4, 0.5) is 5.69 Å². The molecule has 4 heteroatoms. The van der Waals surface area contributed by atoms with E-state index >= 15 is 0 Å². The number of nitrogens with two attached hydrogens (primary N) is 1. The number of benzene rings is 1. The molecule has 0 radical (unpaired) electrons. The molecule has 1 aliphatic rings. The summed E-state index contributed by atoms with van der Waals surface area (Å²) in [6.45, 7) is 4.14. The molecule has 2 rings (SSSR count). The predicted octanol–water partition coefficient (Wildman–Crippen LogP) is 2.71. The zero-order valence-corrected chi connectivity index (χ0v) is 12.1. The quantitative estimate of drug-likeness (QED) is 0.384. The molecule has 0 fully saturated rings. The molecule has 17 heavy (non-hydrogen) atoms. The first-order chi connectivity index (χ1) is 7.79. The summed E-state index contributed by atoms with van der Waals surface area (Å²) in [7, 11) is 0. The SMILES string of the molecule is C=CCN=C(N)Nc1ccc2c(c1)CCC2.I. The number of halogens is 1. The summed E-state index contributed by atoms with van der Waals surface area (Å²) >= 11 is 0. The van der Waals surface area contributed by atoms with Gasteiger partial charge >= 0.3 is 0 Å². The Morgan fingerprint density at radius 2 is 2.18 bits per heavy atom. The van der Waals surface area contributed by atoms with Gasteiger partial charge in [-0.05, 0) is 42.5 Å². The summed E-state index contributed by atoms with van der Waals surface area (Å²) < 4.78 is 0.